The predicted molar refractivity (Wildman–Crippen MR) is 90.3 cm³/mol. The van der Waals surface area contributed by atoms with Crippen LogP contribution in [0.2, 0.25) is 4.34 Å². The van der Waals surface area contributed by atoms with Crippen molar-refractivity contribution >= 4 is 38.9 Å². The number of amides is 1. The second kappa shape index (κ2) is 6.99. The van der Waals surface area contributed by atoms with Crippen molar-refractivity contribution in [3.8, 4) is 0 Å². The van der Waals surface area contributed by atoms with Crippen LogP contribution >= 0.6 is 22.9 Å². The summed E-state index contributed by atoms with van der Waals surface area (Å²) >= 11 is 6.76. The second-order valence-electron chi connectivity index (χ2n) is 5.38. The minimum atomic E-state index is -3.65. The van der Waals surface area contributed by atoms with Crippen LogP contribution in [0.3, 0.4) is 0 Å². The number of hydrogen-bond acceptors (Lipinski definition) is 4. The fourth-order valence-electron chi connectivity index (χ4n) is 2.51. The van der Waals surface area contributed by atoms with Gasteiger partial charge in [-0.05, 0) is 30.3 Å². The number of rotatable bonds is 3. The number of thiophene rings is 1. The average Bonchev–Trinajstić information content (AvgIpc) is 3.04. The van der Waals surface area contributed by atoms with Gasteiger partial charge in [0.1, 0.15) is 4.21 Å². The first-order valence-electron chi connectivity index (χ1n) is 7.29. The zero-order valence-corrected chi connectivity index (χ0v) is 15.2. The topological polar surface area (TPSA) is 57.7 Å². The highest BCUT2D eigenvalue weighted by Crippen LogP contribution is 2.28. The zero-order chi connectivity index (χ0) is 18.2. The highest BCUT2D eigenvalue weighted by atomic mass is 35.5. The zero-order valence-electron chi connectivity index (χ0n) is 12.8. The molecule has 2 aromatic rings. The molecule has 0 aliphatic carbocycles. The number of carbonyl (C=O) groups excluding carboxylic acids is 1. The highest BCUT2D eigenvalue weighted by molar-refractivity contribution is 7.91. The molecule has 2 heterocycles. The monoisotopic (exact) mass is 406 g/mol. The Balaban J connectivity index is 1.69. The highest BCUT2D eigenvalue weighted by Gasteiger charge is 2.31. The predicted octanol–water partition coefficient (Wildman–Crippen LogP) is 2.83. The van der Waals surface area contributed by atoms with Gasteiger partial charge in [0.2, 0.25) is 0 Å². The summed E-state index contributed by atoms with van der Waals surface area (Å²) in [7, 11) is -3.65. The number of hydrogen-bond donors (Lipinski definition) is 0. The van der Waals surface area contributed by atoms with Gasteiger partial charge in [-0.15, -0.1) is 11.3 Å². The molecule has 25 heavy (non-hydrogen) atoms. The van der Waals surface area contributed by atoms with Crippen molar-refractivity contribution < 1.29 is 22.0 Å². The minimum absolute atomic E-state index is 0.0280. The molecule has 0 radical (unpaired) electrons. The lowest BCUT2D eigenvalue weighted by atomic mass is 10.1. The van der Waals surface area contributed by atoms with Gasteiger partial charge in [0.05, 0.1) is 4.34 Å². The van der Waals surface area contributed by atoms with E-state index in [-0.39, 0.29) is 36.0 Å². The molecule has 3 rings (SSSR count). The van der Waals surface area contributed by atoms with Gasteiger partial charge < -0.3 is 4.90 Å². The molecular formula is C15H13ClF2N2O3S2. The lowest BCUT2D eigenvalue weighted by Gasteiger charge is -2.33. The van der Waals surface area contributed by atoms with E-state index >= 15 is 0 Å². The Kier molecular flexibility index (Phi) is 5.10. The minimum Gasteiger partial charge on any atom is -0.336 e. The molecule has 10 heteroatoms. The van der Waals surface area contributed by atoms with E-state index in [0.29, 0.717) is 4.34 Å². The quantitative estimate of drug-likeness (QED) is 0.787. The summed E-state index contributed by atoms with van der Waals surface area (Å²) < 4.78 is 53.1. The van der Waals surface area contributed by atoms with Gasteiger partial charge in [-0.2, -0.15) is 4.31 Å². The number of nitrogens with zero attached hydrogens (tertiary/aromatic N) is 2. The Hall–Kier alpha value is -1.55. The van der Waals surface area contributed by atoms with Crippen LogP contribution in [0.5, 0.6) is 0 Å². The third kappa shape index (κ3) is 3.69. The molecule has 5 nitrogen and oxygen atoms in total. The summed E-state index contributed by atoms with van der Waals surface area (Å²) in [5.74, 6) is -2.58. The average molecular weight is 407 g/mol. The molecule has 134 valence electrons. The smallest absolute Gasteiger partial charge is 0.254 e. The molecule has 1 aliphatic rings. The molecule has 0 bridgehead atoms. The maximum Gasteiger partial charge on any atom is 0.254 e. The van der Waals surface area contributed by atoms with E-state index in [1.54, 1.807) is 0 Å². The summed E-state index contributed by atoms with van der Waals surface area (Å²) in [4.78, 5) is 13.8. The van der Waals surface area contributed by atoms with E-state index in [2.05, 4.69) is 0 Å². The van der Waals surface area contributed by atoms with Crippen molar-refractivity contribution in [1.29, 1.82) is 0 Å². The maximum absolute atomic E-state index is 13.3. The maximum atomic E-state index is 13.3. The first-order valence-corrected chi connectivity index (χ1v) is 9.92. The third-order valence-corrected chi connectivity index (χ3v) is 7.43. The largest absolute Gasteiger partial charge is 0.336 e. The molecule has 1 fully saturated rings. The Morgan fingerprint density at radius 3 is 2.28 bits per heavy atom. The molecule has 0 N–H and O–H groups in total. The van der Waals surface area contributed by atoms with Crippen molar-refractivity contribution in [1.82, 2.24) is 9.21 Å². The van der Waals surface area contributed by atoms with E-state index in [9.17, 15) is 22.0 Å². The van der Waals surface area contributed by atoms with E-state index in [1.807, 2.05) is 0 Å². The number of piperazine rings is 1. The van der Waals surface area contributed by atoms with Gasteiger partial charge in [0, 0.05) is 31.7 Å². The standard InChI is InChI=1S/C15H13ClF2N2O3S2/c16-13-3-4-14(24-13)25(22,23)20-7-5-19(6-8-20)15(21)10-1-2-11(17)12(18)9-10/h1-4,9H,5-8H2. The molecule has 0 saturated carbocycles. The van der Waals surface area contributed by atoms with Gasteiger partial charge in [0.25, 0.3) is 15.9 Å². The number of benzene rings is 1. The van der Waals surface area contributed by atoms with Crippen LogP contribution in [0.4, 0.5) is 8.78 Å². The number of sulfonamides is 1. The summed E-state index contributed by atoms with van der Waals surface area (Å²) in [6.07, 6.45) is 0. The van der Waals surface area contributed by atoms with E-state index in [4.69, 9.17) is 11.6 Å². The molecule has 1 amide bonds. The SMILES string of the molecule is O=C(c1ccc(F)c(F)c1)N1CCN(S(=O)(=O)c2ccc(Cl)s2)CC1. The molecule has 0 atom stereocenters. The van der Waals surface area contributed by atoms with Crippen LogP contribution in [-0.4, -0.2) is 49.7 Å². The third-order valence-electron chi connectivity index (χ3n) is 3.84. The Labute approximate surface area is 152 Å². The molecule has 0 unspecified atom stereocenters. The van der Waals surface area contributed by atoms with Crippen molar-refractivity contribution in [2.45, 2.75) is 4.21 Å². The van der Waals surface area contributed by atoms with Crippen LogP contribution < -0.4 is 0 Å². The first kappa shape index (κ1) is 18.2. The second-order valence-corrected chi connectivity index (χ2v) is 9.26. The van der Waals surface area contributed by atoms with Gasteiger partial charge in [0.15, 0.2) is 11.6 Å². The molecule has 1 aromatic heterocycles. The van der Waals surface area contributed by atoms with Gasteiger partial charge in [-0.1, -0.05) is 11.6 Å². The van der Waals surface area contributed by atoms with Crippen molar-refractivity contribution in [2.75, 3.05) is 26.2 Å². The summed E-state index contributed by atoms with van der Waals surface area (Å²) in [6.45, 7) is 0.562. The van der Waals surface area contributed by atoms with Gasteiger partial charge in [-0.25, -0.2) is 17.2 Å². The van der Waals surface area contributed by atoms with Gasteiger partial charge >= 0.3 is 0 Å². The first-order chi connectivity index (χ1) is 11.8. The molecular weight excluding hydrogens is 394 g/mol. The van der Waals surface area contributed by atoms with E-state index in [1.165, 1.54) is 27.4 Å². The Bertz CT molecular complexity index is 909. The van der Waals surface area contributed by atoms with Crippen molar-refractivity contribution in [3.05, 3.63) is 51.9 Å². The van der Waals surface area contributed by atoms with Crippen LogP contribution in [0.15, 0.2) is 34.5 Å². The molecule has 1 saturated heterocycles. The summed E-state index contributed by atoms with van der Waals surface area (Å²) in [5.41, 5.74) is 0.0280. The van der Waals surface area contributed by atoms with E-state index < -0.39 is 27.6 Å². The molecule has 1 aliphatic heterocycles. The lowest BCUT2D eigenvalue weighted by molar-refractivity contribution is 0.0697. The van der Waals surface area contributed by atoms with Crippen LogP contribution in [0.1, 0.15) is 10.4 Å². The van der Waals surface area contributed by atoms with Gasteiger partial charge in [-0.3, -0.25) is 4.79 Å². The van der Waals surface area contributed by atoms with Crippen LogP contribution in [0, 0.1) is 11.6 Å². The number of carbonyl (C=O) groups is 1. The Morgan fingerprint density at radius 1 is 1.04 bits per heavy atom. The fourth-order valence-corrected chi connectivity index (χ4v) is 5.57. The fraction of sp³-hybridized carbons (Fsp3) is 0.267. The van der Waals surface area contributed by atoms with E-state index in [0.717, 1.165) is 23.5 Å². The molecule has 1 aromatic carbocycles. The van der Waals surface area contributed by atoms with Crippen LogP contribution in [0.25, 0.3) is 0 Å². The summed E-state index contributed by atoms with van der Waals surface area (Å²) in [6, 6.07) is 5.90. The van der Waals surface area contributed by atoms with Crippen molar-refractivity contribution in [3.63, 3.8) is 0 Å². The lowest BCUT2D eigenvalue weighted by Crippen LogP contribution is -2.50. The van der Waals surface area contributed by atoms with Crippen LogP contribution in [-0.2, 0) is 10.0 Å². The van der Waals surface area contributed by atoms with Crippen molar-refractivity contribution in [2.24, 2.45) is 0 Å². The molecule has 0 spiro atoms. The normalized spacial score (nSPS) is 16.2. The Morgan fingerprint density at radius 2 is 1.72 bits per heavy atom. The number of halogens is 3. The summed E-state index contributed by atoms with van der Waals surface area (Å²) in [5, 5.41) is 0.